The number of benzene rings is 3. The number of aromatic nitrogens is 1. The molecule has 2 heterocycles. The summed E-state index contributed by atoms with van der Waals surface area (Å²) in [4.78, 5) is 53.8. The van der Waals surface area contributed by atoms with Crippen molar-refractivity contribution in [2.24, 2.45) is 4.99 Å². The quantitative estimate of drug-likeness (QED) is 0.101. The van der Waals surface area contributed by atoms with E-state index < -0.39 is 38.8 Å². The molecule has 0 radical (unpaired) electrons. The first-order valence-electron chi connectivity index (χ1n) is 14.8. The number of non-ortho nitro benzene ring substituents is 1. The molecule has 0 spiro atoms. The maximum atomic E-state index is 14.2. The second kappa shape index (κ2) is 14.4. The Kier molecular flexibility index (Phi) is 10.3. The molecule has 16 heteroatoms. The summed E-state index contributed by atoms with van der Waals surface area (Å²) >= 11 is 4.55. The molecule has 0 bridgehead atoms. The van der Waals surface area contributed by atoms with Gasteiger partial charge in [0, 0.05) is 11.6 Å². The fourth-order valence-electron chi connectivity index (χ4n) is 5.19. The first-order valence-corrected chi connectivity index (χ1v) is 16.4. The van der Waals surface area contributed by atoms with Crippen LogP contribution >= 0.6 is 27.3 Å². The largest absolute Gasteiger partial charge is 0.493 e. The SMILES string of the molecule is CCOC(=O)C1=C(C)N=c2s/c(=C/c3cc(Br)c(Oc4ccc([N+](=O)[O-])cc4[N+](=O)[O-])c(OC)c3)c(=O)n2[C@@H]1c1ccccc1OC(C)C. The number of nitro benzene ring substituents is 2. The van der Waals surface area contributed by atoms with Crippen molar-refractivity contribution in [3.63, 3.8) is 0 Å². The molecule has 0 N–H and O–H groups in total. The Morgan fingerprint density at radius 1 is 1.08 bits per heavy atom. The van der Waals surface area contributed by atoms with Gasteiger partial charge in [0.05, 0.1) is 56.0 Å². The van der Waals surface area contributed by atoms with Gasteiger partial charge in [-0.05, 0) is 79.5 Å². The third-order valence-corrected chi connectivity index (χ3v) is 8.78. The number of hydrogen-bond donors (Lipinski definition) is 0. The molecule has 0 saturated carbocycles. The average Bonchev–Trinajstić information content (AvgIpc) is 3.35. The maximum absolute atomic E-state index is 14.2. The average molecular weight is 754 g/mol. The third kappa shape index (κ3) is 7.10. The van der Waals surface area contributed by atoms with Crippen LogP contribution in [0, 0.1) is 20.2 Å². The number of carbonyl (C=O) groups excluding carboxylic acids is 1. The van der Waals surface area contributed by atoms with Crippen LogP contribution in [0.1, 0.15) is 44.9 Å². The highest BCUT2D eigenvalue weighted by Gasteiger charge is 2.35. The number of carbonyl (C=O) groups is 1. The van der Waals surface area contributed by atoms with Gasteiger partial charge in [-0.1, -0.05) is 29.5 Å². The van der Waals surface area contributed by atoms with E-state index in [9.17, 15) is 29.8 Å². The number of fused-ring (bicyclic) bond motifs is 1. The Morgan fingerprint density at radius 2 is 1.82 bits per heavy atom. The molecule has 4 aromatic rings. The summed E-state index contributed by atoms with van der Waals surface area (Å²) in [7, 11) is 1.37. The second-order valence-electron chi connectivity index (χ2n) is 10.8. The van der Waals surface area contributed by atoms with Gasteiger partial charge >= 0.3 is 11.7 Å². The number of thiazole rings is 1. The van der Waals surface area contributed by atoms with Crippen molar-refractivity contribution in [1.82, 2.24) is 4.57 Å². The van der Waals surface area contributed by atoms with E-state index in [0.717, 1.165) is 29.5 Å². The third-order valence-electron chi connectivity index (χ3n) is 7.20. The van der Waals surface area contributed by atoms with Gasteiger partial charge < -0.3 is 18.9 Å². The van der Waals surface area contributed by atoms with E-state index in [4.69, 9.17) is 18.9 Å². The van der Waals surface area contributed by atoms with E-state index in [1.807, 2.05) is 19.9 Å². The number of allylic oxidation sites excluding steroid dienone is 1. The molecule has 0 unspecified atom stereocenters. The molecule has 3 aromatic carbocycles. The minimum atomic E-state index is -0.887. The van der Waals surface area contributed by atoms with Crippen LogP contribution in [0.5, 0.6) is 23.0 Å². The van der Waals surface area contributed by atoms with E-state index in [2.05, 4.69) is 20.9 Å². The lowest BCUT2D eigenvalue weighted by Gasteiger charge is -2.26. The van der Waals surface area contributed by atoms with Crippen LogP contribution in [-0.2, 0) is 9.53 Å². The van der Waals surface area contributed by atoms with Crippen LogP contribution in [0.3, 0.4) is 0 Å². The number of nitrogens with zero attached hydrogens (tertiary/aromatic N) is 4. The lowest BCUT2D eigenvalue weighted by atomic mass is 9.95. The Hall–Kier alpha value is -5.35. The zero-order chi connectivity index (χ0) is 35.6. The zero-order valence-electron chi connectivity index (χ0n) is 26.8. The maximum Gasteiger partial charge on any atom is 0.338 e. The van der Waals surface area contributed by atoms with E-state index in [-0.39, 0.29) is 40.1 Å². The van der Waals surface area contributed by atoms with E-state index in [1.165, 1.54) is 11.7 Å². The Morgan fingerprint density at radius 3 is 2.47 bits per heavy atom. The highest BCUT2D eigenvalue weighted by Crippen LogP contribution is 2.43. The molecule has 1 atom stereocenters. The highest BCUT2D eigenvalue weighted by molar-refractivity contribution is 9.10. The molecule has 5 rings (SSSR count). The van der Waals surface area contributed by atoms with Crippen molar-refractivity contribution in [1.29, 1.82) is 0 Å². The van der Waals surface area contributed by atoms with Gasteiger partial charge in [0.25, 0.3) is 11.2 Å². The number of para-hydroxylation sites is 1. The summed E-state index contributed by atoms with van der Waals surface area (Å²) in [5, 5.41) is 22.8. The fourth-order valence-corrected chi connectivity index (χ4v) is 6.77. The van der Waals surface area contributed by atoms with Gasteiger partial charge in [-0.25, -0.2) is 9.79 Å². The molecule has 1 aliphatic rings. The Balaban J connectivity index is 1.63. The normalized spacial score (nSPS) is 14.3. The van der Waals surface area contributed by atoms with E-state index in [0.29, 0.717) is 31.8 Å². The first kappa shape index (κ1) is 35.0. The molecule has 0 amide bonds. The van der Waals surface area contributed by atoms with Gasteiger partial charge in [-0.15, -0.1) is 0 Å². The van der Waals surface area contributed by atoms with Crippen LogP contribution in [0.2, 0.25) is 0 Å². The molecule has 0 saturated heterocycles. The van der Waals surface area contributed by atoms with Crippen molar-refractivity contribution < 1.29 is 33.6 Å². The predicted molar refractivity (Wildman–Crippen MR) is 183 cm³/mol. The summed E-state index contributed by atoms with van der Waals surface area (Å²) in [5.74, 6) is -0.121. The van der Waals surface area contributed by atoms with E-state index in [1.54, 1.807) is 50.3 Å². The minimum absolute atomic E-state index is 0.0644. The molecule has 14 nitrogen and oxygen atoms in total. The minimum Gasteiger partial charge on any atom is -0.493 e. The predicted octanol–water partition coefficient (Wildman–Crippen LogP) is 5.97. The number of hydrogen-bond acceptors (Lipinski definition) is 12. The molecule has 1 aliphatic heterocycles. The van der Waals surface area contributed by atoms with Crippen molar-refractivity contribution in [3.05, 3.63) is 121 Å². The standard InChI is InChI=1S/C33H29BrN4O10S/c1-6-46-32(40)28-18(4)35-33-36(29(28)21-9-7-8-10-24(21)47-17(2)3)31(39)27(49-33)15-19-13-22(34)30(26(14-19)45-5)48-25-12-11-20(37(41)42)16-23(25)38(43)44/h7-17,29H,6H2,1-5H3/b27-15+/t29-/m1/s1. The topological polar surface area (TPSA) is 175 Å². The molecule has 0 fully saturated rings. The summed E-state index contributed by atoms with van der Waals surface area (Å²) in [6, 6.07) is 12.5. The van der Waals surface area contributed by atoms with Crippen LogP contribution in [0.15, 0.2) is 80.1 Å². The molecular formula is C33H29BrN4O10S. The van der Waals surface area contributed by atoms with E-state index >= 15 is 0 Å². The smallest absolute Gasteiger partial charge is 0.338 e. The van der Waals surface area contributed by atoms with Crippen molar-refractivity contribution in [2.45, 2.75) is 39.8 Å². The second-order valence-corrected chi connectivity index (χ2v) is 12.7. The van der Waals surface area contributed by atoms with Gasteiger partial charge in [-0.2, -0.15) is 0 Å². The summed E-state index contributed by atoms with van der Waals surface area (Å²) in [5.41, 5.74) is 0.215. The van der Waals surface area contributed by atoms with Crippen LogP contribution < -0.4 is 29.1 Å². The van der Waals surface area contributed by atoms with Gasteiger partial charge in [0.15, 0.2) is 16.3 Å². The van der Waals surface area contributed by atoms with Crippen LogP contribution in [-0.4, -0.2) is 40.2 Å². The van der Waals surface area contributed by atoms with Crippen LogP contribution in [0.25, 0.3) is 6.08 Å². The number of esters is 1. The van der Waals surface area contributed by atoms with Gasteiger partial charge in [-0.3, -0.25) is 29.6 Å². The molecule has 0 aliphatic carbocycles. The Bertz CT molecular complexity index is 2210. The highest BCUT2D eigenvalue weighted by atomic mass is 79.9. The monoisotopic (exact) mass is 752 g/mol. The number of ether oxygens (including phenoxy) is 4. The van der Waals surface area contributed by atoms with Crippen molar-refractivity contribution in [3.8, 4) is 23.0 Å². The number of nitro groups is 2. The number of methoxy groups -OCH3 is 1. The van der Waals surface area contributed by atoms with Crippen LogP contribution in [0.4, 0.5) is 11.4 Å². The summed E-state index contributed by atoms with van der Waals surface area (Å²) in [6.45, 7) is 7.28. The molecular weight excluding hydrogens is 724 g/mol. The first-order chi connectivity index (χ1) is 23.3. The summed E-state index contributed by atoms with van der Waals surface area (Å²) in [6.07, 6.45) is 1.44. The van der Waals surface area contributed by atoms with Crippen molar-refractivity contribution in [2.75, 3.05) is 13.7 Å². The number of rotatable bonds is 11. The zero-order valence-corrected chi connectivity index (χ0v) is 29.2. The molecule has 49 heavy (non-hydrogen) atoms. The lowest BCUT2D eigenvalue weighted by molar-refractivity contribution is -0.394. The van der Waals surface area contributed by atoms with Gasteiger partial charge in [0.1, 0.15) is 11.8 Å². The fraction of sp³-hybridized carbons (Fsp3) is 0.242. The number of halogens is 1. The molecule has 1 aromatic heterocycles. The van der Waals surface area contributed by atoms with Gasteiger partial charge in [0.2, 0.25) is 5.75 Å². The summed E-state index contributed by atoms with van der Waals surface area (Å²) < 4.78 is 24.9. The molecule has 254 valence electrons. The van der Waals surface area contributed by atoms with Crippen molar-refractivity contribution >= 4 is 50.7 Å². The Labute approximate surface area is 291 Å². The lowest BCUT2D eigenvalue weighted by Crippen LogP contribution is -2.40.